The van der Waals surface area contributed by atoms with Crippen LogP contribution in [-0.4, -0.2) is 54.8 Å². The average Bonchev–Trinajstić information content (AvgIpc) is 2.62. The molecule has 0 radical (unpaired) electrons. The zero-order chi connectivity index (χ0) is 15.2. The third-order valence-corrected chi connectivity index (χ3v) is 2.13. The number of esters is 1. The van der Waals surface area contributed by atoms with Gasteiger partial charge < -0.3 is 14.2 Å². The average molecular weight is 285 g/mol. The van der Waals surface area contributed by atoms with Crippen LogP contribution in [0.25, 0.3) is 0 Å². The van der Waals surface area contributed by atoms with E-state index >= 15 is 0 Å². The first-order valence-corrected chi connectivity index (χ1v) is 6.20. The molecule has 0 spiro atoms. The van der Waals surface area contributed by atoms with Gasteiger partial charge in [0, 0.05) is 12.2 Å². The number of carbonyl (C=O) groups is 3. The quantitative estimate of drug-likeness (QED) is 0.379. The van der Waals surface area contributed by atoms with Gasteiger partial charge in [0.1, 0.15) is 18.9 Å². The molecular formula is C13H19NO6. The Morgan fingerprint density at radius 3 is 2.20 bits per heavy atom. The summed E-state index contributed by atoms with van der Waals surface area (Å²) >= 11 is 0. The number of hydrogen-bond donors (Lipinski definition) is 0. The number of ether oxygens (including phenoxy) is 3. The summed E-state index contributed by atoms with van der Waals surface area (Å²) < 4.78 is 15.2. The number of amides is 2. The topological polar surface area (TPSA) is 82.1 Å². The lowest BCUT2D eigenvalue weighted by Gasteiger charge is -2.19. The highest BCUT2D eigenvalue weighted by Gasteiger charge is 2.22. The summed E-state index contributed by atoms with van der Waals surface area (Å²) in [5.41, 5.74) is -0.541. The molecule has 20 heavy (non-hydrogen) atoms. The van der Waals surface area contributed by atoms with Gasteiger partial charge in [-0.05, 0) is 20.8 Å². The summed E-state index contributed by atoms with van der Waals surface area (Å²) in [5, 5.41) is 0. The Bertz CT molecular complexity index is 392. The first-order chi connectivity index (χ1) is 9.29. The van der Waals surface area contributed by atoms with Gasteiger partial charge >= 0.3 is 5.97 Å². The SMILES string of the molecule is CC(C)(C)OC(=O)COCCOCN1C(=O)C=CC1=O. The fraction of sp³-hybridized carbons (Fsp3) is 0.615. The Morgan fingerprint density at radius 2 is 1.65 bits per heavy atom. The molecule has 112 valence electrons. The van der Waals surface area contributed by atoms with Gasteiger partial charge in [0.2, 0.25) is 0 Å². The molecule has 0 bridgehead atoms. The third kappa shape index (κ3) is 5.94. The van der Waals surface area contributed by atoms with Crippen LogP contribution in [0.4, 0.5) is 0 Å². The normalized spacial score (nSPS) is 15.1. The van der Waals surface area contributed by atoms with E-state index in [1.54, 1.807) is 20.8 Å². The van der Waals surface area contributed by atoms with Gasteiger partial charge in [-0.1, -0.05) is 0 Å². The Morgan fingerprint density at radius 1 is 1.10 bits per heavy atom. The first-order valence-electron chi connectivity index (χ1n) is 6.20. The van der Waals surface area contributed by atoms with E-state index in [0.29, 0.717) is 0 Å². The van der Waals surface area contributed by atoms with Crippen LogP contribution >= 0.6 is 0 Å². The number of carbonyl (C=O) groups excluding carboxylic acids is 3. The van der Waals surface area contributed by atoms with E-state index in [0.717, 1.165) is 4.90 Å². The monoisotopic (exact) mass is 285 g/mol. The fourth-order valence-electron chi connectivity index (χ4n) is 1.36. The van der Waals surface area contributed by atoms with Crippen molar-refractivity contribution in [1.82, 2.24) is 4.90 Å². The molecule has 1 aliphatic heterocycles. The lowest BCUT2D eigenvalue weighted by Crippen LogP contribution is -2.33. The van der Waals surface area contributed by atoms with E-state index in [4.69, 9.17) is 14.2 Å². The van der Waals surface area contributed by atoms with Crippen LogP contribution in [-0.2, 0) is 28.6 Å². The molecule has 0 saturated heterocycles. The smallest absolute Gasteiger partial charge is 0.332 e. The summed E-state index contributed by atoms with van der Waals surface area (Å²) in [5.74, 6) is -1.25. The predicted molar refractivity (Wildman–Crippen MR) is 68.5 cm³/mol. The van der Waals surface area contributed by atoms with Gasteiger partial charge in [0.25, 0.3) is 11.8 Å². The zero-order valence-electron chi connectivity index (χ0n) is 11.9. The zero-order valence-corrected chi connectivity index (χ0v) is 11.9. The van der Waals surface area contributed by atoms with Crippen LogP contribution in [0.2, 0.25) is 0 Å². The summed E-state index contributed by atoms with van der Waals surface area (Å²) in [6, 6.07) is 0. The highest BCUT2D eigenvalue weighted by atomic mass is 16.6. The molecule has 7 heteroatoms. The van der Waals surface area contributed by atoms with Crippen molar-refractivity contribution in [2.24, 2.45) is 0 Å². The summed E-state index contributed by atoms with van der Waals surface area (Å²) in [4.78, 5) is 34.6. The lowest BCUT2D eigenvalue weighted by molar-refractivity contribution is -0.160. The van der Waals surface area contributed by atoms with E-state index in [1.165, 1.54) is 12.2 Å². The second-order valence-corrected chi connectivity index (χ2v) is 5.11. The molecule has 7 nitrogen and oxygen atoms in total. The minimum absolute atomic E-state index is 0.125. The fourth-order valence-corrected chi connectivity index (χ4v) is 1.36. The molecule has 0 aromatic rings. The van der Waals surface area contributed by atoms with Crippen molar-refractivity contribution in [2.45, 2.75) is 26.4 Å². The molecule has 0 saturated carbocycles. The van der Waals surface area contributed by atoms with Gasteiger partial charge in [-0.3, -0.25) is 14.5 Å². The van der Waals surface area contributed by atoms with E-state index < -0.39 is 23.4 Å². The highest BCUT2D eigenvalue weighted by Crippen LogP contribution is 2.06. The van der Waals surface area contributed by atoms with Crippen molar-refractivity contribution in [3.8, 4) is 0 Å². The van der Waals surface area contributed by atoms with Crippen molar-refractivity contribution in [1.29, 1.82) is 0 Å². The third-order valence-electron chi connectivity index (χ3n) is 2.13. The van der Waals surface area contributed by atoms with Crippen LogP contribution in [0.1, 0.15) is 20.8 Å². The van der Waals surface area contributed by atoms with Crippen molar-refractivity contribution >= 4 is 17.8 Å². The van der Waals surface area contributed by atoms with Crippen molar-refractivity contribution in [3.05, 3.63) is 12.2 Å². The minimum atomic E-state index is -0.541. The maximum Gasteiger partial charge on any atom is 0.332 e. The summed E-state index contributed by atoms with van der Waals surface area (Å²) in [6.45, 7) is 5.36. The minimum Gasteiger partial charge on any atom is -0.458 e. The Labute approximate surface area is 117 Å². The number of nitrogens with zero attached hydrogens (tertiary/aromatic N) is 1. The molecule has 0 atom stereocenters. The highest BCUT2D eigenvalue weighted by molar-refractivity contribution is 6.12. The molecule has 0 aromatic carbocycles. The number of imide groups is 1. The van der Waals surface area contributed by atoms with E-state index in [1.807, 2.05) is 0 Å². The molecule has 0 fully saturated rings. The molecule has 1 heterocycles. The molecule has 0 unspecified atom stereocenters. The van der Waals surface area contributed by atoms with Crippen LogP contribution in [0.15, 0.2) is 12.2 Å². The molecule has 0 aliphatic carbocycles. The van der Waals surface area contributed by atoms with Crippen LogP contribution in [0.3, 0.4) is 0 Å². The lowest BCUT2D eigenvalue weighted by atomic mass is 10.2. The Kier molecular flexibility index (Phi) is 5.84. The van der Waals surface area contributed by atoms with E-state index in [2.05, 4.69) is 0 Å². The Balaban J connectivity index is 2.04. The maximum atomic E-state index is 11.3. The molecule has 2 amide bonds. The van der Waals surface area contributed by atoms with Crippen molar-refractivity contribution in [2.75, 3.05) is 26.6 Å². The number of hydrogen-bond acceptors (Lipinski definition) is 6. The van der Waals surface area contributed by atoms with Gasteiger partial charge in [-0.25, -0.2) is 4.79 Å². The van der Waals surface area contributed by atoms with Gasteiger partial charge in [-0.15, -0.1) is 0 Å². The first kappa shape index (κ1) is 16.3. The van der Waals surface area contributed by atoms with Crippen molar-refractivity contribution < 1.29 is 28.6 Å². The molecular weight excluding hydrogens is 266 g/mol. The second-order valence-electron chi connectivity index (χ2n) is 5.11. The molecule has 0 N–H and O–H groups in total. The Hall–Kier alpha value is -1.73. The maximum absolute atomic E-state index is 11.3. The second kappa shape index (κ2) is 7.16. The molecule has 1 aliphatic rings. The van der Waals surface area contributed by atoms with E-state index in [-0.39, 0.29) is 26.6 Å². The summed E-state index contributed by atoms with van der Waals surface area (Å²) in [6.07, 6.45) is 2.37. The van der Waals surface area contributed by atoms with Crippen LogP contribution in [0.5, 0.6) is 0 Å². The van der Waals surface area contributed by atoms with Crippen molar-refractivity contribution in [3.63, 3.8) is 0 Å². The van der Waals surface area contributed by atoms with Gasteiger partial charge in [0.05, 0.1) is 13.2 Å². The molecule has 1 rings (SSSR count). The predicted octanol–water partition coefficient (Wildman–Crippen LogP) is 0.244. The van der Waals surface area contributed by atoms with Crippen LogP contribution in [0, 0.1) is 0 Å². The standard InChI is InChI=1S/C13H19NO6/c1-13(2,3)20-12(17)8-18-6-7-19-9-14-10(15)4-5-11(14)16/h4-5H,6-9H2,1-3H3. The molecule has 0 aromatic heterocycles. The van der Waals surface area contributed by atoms with Gasteiger partial charge in [0.15, 0.2) is 0 Å². The van der Waals surface area contributed by atoms with Crippen LogP contribution < -0.4 is 0 Å². The largest absolute Gasteiger partial charge is 0.458 e. The van der Waals surface area contributed by atoms with Gasteiger partial charge in [-0.2, -0.15) is 0 Å². The summed E-state index contributed by atoms with van der Waals surface area (Å²) in [7, 11) is 0. The number of rotatable bonds is 7. The van der Waals surface area contributed by atoms with E-state index in [9.17, 15) is 14.4 Å².